The summed E-state index contributed by atoms with van der Waals surface area (Å²) in [6, 6.07) is 0. The maximum absolute atomic E-state index is 12.0. The number of esters is 1. The van der Waals surface area contributed by atoms with E-state index in [0.717, 1.165) is 0 Å². The minimum atomic E-state index is -3.61. The van der Waals surface area contributed by atoms with E-state index in [4.69, 9.17) is 18.0 Å². The molecule has 0 bridgehead atoms. The van der Waals surface area contributed by atoms with E-state index in [-0.39, 0.29) is 4.75 Å². The number of piperidine rings is 1. The topological polar surface area (TPSA) is 89.7 Å². The molecule has 0 saturated carbocycles. The number of rotatable bonds is 5. The Bertz CT molecular complexity index is 455. The fraction of sp³-hybridized carbons (Fsp3) is 0.800. The molecule has 0 radical (unpaired) electrons. The highest BCUT2D eigenvalue weighted by Gasteiger charge is 2.40. The Morgan fingerprint density at radius 3 is 2.37 bits per heavy atom. The van der Waals surface area contributed by atoms with Gasteiger partial charge in [-0.1, -0.05) is 12.2 Å². The van der Waals surface area contributed by atoms with Crippen molar-refractivity contribution in [3.63, 3.8) is 0 Å². The minimum absolute atomic E-state index is 0.317. The molecule has 0 unspecified atom stereocenters. The Balaban J connectivity index is 2.73. The van der Waals surface area contributed by atoms with E-state index in [1.54, 1.807) is 11.8 Å². The van der Waals surface area contributed by atoms with Crippen molar-refractivity contribution in [2.24, 2.45) is 5.73 Å². The van der Waals surface area contributed by atoms with Crippen molar-refractivity contribution < 1.29 is 17.9 Å². The average molecular weight is 326 g/mol. The van der Waals surface area contributed by atoms with Crippen molar-refractivity contribution in [2.75, 3.05) is 32.2 Å². The standard InChI is InChI=1S/C10H18N2O4S3/c1-16-8(13)7-19(14,15)12-5-3-10(18-2,4-6-12)9(11)17/h3-7H2,1-2H3,(H2,11,17). The first-order valence-electron chi connectivity index (χ1n) is 5.67. The van der Waals surface area contributed by atoms with Gasteiger partial charge in [0, 0.05) is 13.1 Å². The second-order valence-corrected chi connectivity index (χ2v) is 7.89. The van der Waals surface area contributed by atoms with Crippen LogP contribution in [-0.2, 0) is 19.6 Å². The molecule has 1 saturated heterocycles. The summed E-state index contributed by atoms with van der Waals surface area (Å²) in [7, 11) is -2.45. The summed E-state index contributed by atoms with van der Waals surface area (Å²) in [5.74, 6) is -1.38. The highest BCUT2D eigenvalue weighted by Crippen LogP contribution is 2.35. The van der Waals surface area contributed by atoms with Crippen molar-refractivity contribution in [1.29, 1.82) is 0 Å². The number of sulfonamides is 1. The van der Waals surface area contributed by atoms with Gasteiger partial charge in [-0.05, 0) is 19.1 Å². The second-order valence-electron chi connectivity index (χ2n) is 4.29. The molecular weight excluding hydrogens is 308 g/mol. The van der Waals surface area contributed by atoms with Crippen LogP contribution in [0.25, 0.3) is 0 Å². The first kappa shape index (κ1) is 16.7. The van der Waals surface area contributed by atoms with Crippen LogP contribution >= 0.6 is 24.0 Å². The molecule has 1 aliphatic heterocycles. The Kier molecular flexibility index (Phi) is 5.60. The zero-order valence-electron chi connectivity index (χ0n) is 10.9. The molecule has 2 N–H and O–H groups in total. The quantitative estimate of drug-likeness (QED) is 0.560. The van der Waals surface area contributed by atoms with E-state index in [0.29, 0.717) is 30.9 Å². The van der Waals surface area contributed by atoms with Crippen LogP contribution in [0.3, 0.4) is 0 Å². The second kappa shape index (κ2) is 6.38. The van der Waals surface area contributed by atoms with E-state index < -0.39 is 21.7 Å². The molecule has 0 amide bonds. The number of nitrogens with two attached hydrogens (primary N) is 1. The fourth-order valence-corrected chi connectivity index (χ4v) is 4.56. The number of ether oxygens (including phenoxy) is 1. The van der Waals surface area contributed by atoms with Gasteiger partial charge in [-0.25, -0.2) is 12.7 Å². The van der Waals surface area contributed by atoms with Crippen molar-refractivity contribution in [1.82, 2.24) is 4.31 Å². The van der Waals surface area contributed by atoms with Crippen LogP contribution < -0.4 is 5.73 Å². The summed E-state index contributed by atoms with van der Waals surface area (Å²) >= 11 is 6.62. The van der Waals surface area contributed by atoms with E-state index in [9.17, 15) is 13.2 Å². The maximum atomic E-state index is 12.0. The monoisotopic (exact) mass is 326 g/mol. The van der Waals surface area contributed by atoms with E-state index in [1.807, 2.05) is 6.26 Å². The van der Waals surface area contributed by atoms with Gasteiger partial charge in [0.05, 0.1) is 16.8 Å². The lowest BCUT2D eigenvalue weighted by Crippen LogP contribution is -2.51. The molecule has 19 heavy (non-hydrogen) atoms. The molecule has 0 aromatic carbocycles. The number of thiocarbonyl (C=S) groups is 1. The summed E-state index contributed by atoms with van der Waals surface area (Å²) in [6.07, 6.45) is 3.03. The van der Waals surface area contributed by atoms with Gasteiger partial charge >= 0.3 is 5.97 Å². The van der Waals surface area contributed by atoms with Gasteiger partial charge in [0.1, 0.15) is 0 Å². The van der Waals surface area contributed by atoms with Gasteiger partial charge in [-0.15, -0.1) is 0 Å². The molecule has 0 aromatic rings. The molecule has 0 spiro atoms. The third-order valence-electron chi connectivity index (χ3n) is 3.29. The minimum Gasteiger partial charge on any atom is -0.468 e. The first-order valence-corrected chi connectivity index (χ1v) is 8.91. The predicted molar refractivity (Wildman–Crippen MR) is 79.6 cm³/mol. The summed E-state index contributed by atoms with van der Waals surface area (Å²) in [6.45, 7) is 0.634. The van der Waals surface area contributed by atoms with E-state index in [1.165, 1.54) is 11.4 Å². The van der Waals surface area contributed by atoms with Gasteiger partial charge < -0.3 is 10.5 Å². The Labute approximate surface area is 123 Å². The van der Waals surface area contributed by atoms with Crippen LogP contribution in [0.15, 0.2) is 0 Å². The molecule has 110 valence electrons. The van der Waals surface area contributed by atoms with Crippen molar-refractivity contribution >= 4 is 45.0 Å². The van der Waals surface area contributed by atoms with Crippen LogP contribution in [0, 0.1) is 0 Å². The predicted octanol–water partition coefficient (Wildman–Crippen LogP) is -0.0271. The van der Waals surface area contributed by atoms with Gasteiger partial charge in [0.15, 0.2) is 5.75 Å². The summed E-state index contributed by atoms with van der Waals surface area (Å²) in [5.41, 5.74) is 5.74. The SMILES string of the molecule is COC(=O)CS(=O)(=O)N1CCC(SC)(C(N)=S)CC1. The lowest BCUT2D eigenvalue weighted by atomic mass is 9.97. The molecule has 0 aromatic heterocycles. The highest BCUT2D eigenvalue weighted by molar-refractivity contribution is 8.02. The Hall–Kier alpha value is -0.380. The first-order chi connectivity index (χ1) is 8.77. The number of methoxy groups -OCH3 is 1. The Morgan fingerprint density at radius 2 is 2.00 bits per heavy atom. The summed E-state index contributed by atoms with van der Waals surface area (Å²) in [4.78, 5) is 11.5. The summed E-state index contributed by atoms with van der Waals surface area (Å²) < 4.78 is 29.3. The number of hydrogen-bond donors (Lipinski definition) is 1. The van der Waals surface area contributed by atoms with Crippen LogP contribution in [0.5, 0.6) is 0 Å². The lowest BCUT2D eigenvalue weighted by molar-refractivity contribution is -0.137. The molecule has 1 aliphatic rings. The number of thioether (sulfide) groups is 1. The fourth-order valence-electron chi connectivity index (χ4n) is 1.98. The van der Waals surface area contributed by atoms with E-state index in [2.05, 4.69) is 4.74 Å². The Morgan fingerprint density at radius 1 is 1.47 bits per heavy atom. The van der Waals surface area contributed by atoms with Crippen molar-refractivity contribution in [2.45, 2.75) is 17.6 Å². The zero-order valence-corrected chi connectivity index (χ0v) is 13.4. The molecule has 0 atom stereocenters. The van der Waals surface area contributed by atoms with Crippen LogP contribution in [0.1, 0.15) is 12.8 Å². The lowest BCUT2D eigenvalue weighted by Gasteiger charge is -2.39. The number of nitrogens with zero attached hydrogens (tertiary/aromatic N) is 1. The van der Waals surface area contributed by atoms with Crippen molar-refractivity contribution in [3.8, 4) is 0 Å². The zero-order chi connectivity index (χ0) is 14.7. The highest BCUT2D eigenvalue weighted by atomic mass is 32.2. The molecule has 0 aliphatic carbocycles. The largest absolute Gasteiger partial charge is 0.468 e. The van der Waals surface area contributed by atoms with Crippen molar-refractivity contribution in [3.05, 3.63) is 0 Å². The van der Waals surface area contributed by atoms with Gasteiger partial charge in [-0.2, -0.15) is 11.8 Å². The third kappa shape index (κ3) is 3.80. The normalized spacial score (nSPS) is 19.9. The number of carbonyl (C=O) groups is 1. The van der Waals surface area contributed by atoms with Crippen LogP contribution in [0.4, 0.5) is 0 Å². The smallest absolute Gasteiger partial charge is 0.322 e. The summed E-state index contributed by atoms with van der Waals surface area (Å²) in [5, 5.41) is 0. The molecule has 1 heterocycles. The molecular formula is C10H18N2O4S3. The molecule has 1 fully saturated rings. The molecule has 1 rings (SSSR count). The van der Waals surface area contributed by atoms with E-state index >= 15 is 0 Å². The molecule has 6 nitrogen and oxygen atoms in total. The maximum Gasteiger partial charge on any atom is 0.322 e. The third-order valence-corrected chi connectivity index (χ3v) is 6.97. The number of hydrogen-bond acceptors (Lipinski definition) is 6. The van der Waals surface area contributed by atoms with Gasteiger partial charge in [0.2, 0.25) is 10.0 Å². The van der Waals surface area contributed by atoms with Gasteiger partial charge in [0.25, 0.3) is 0 Å². The van der Waals surface area contributed by atoms with Gasteiger partial charge in [-0.3, -0.25) is 4.79 Å². The number of carbonyl (C=O) groups excluding carboxylic acids is 1. The van der Waals surface area contributed by atoms with Crippen LogP contribution in [-0.4, -0.2) is 60.6 Å². The average Bonchev–Trinajstić information content (AvgIpc) is 2.37. The molecule has 9 heteroatoms. The van der Waals surface area contributed by atoms with Crippen LogP contribution in [0.2, 0.25) is 0 Å².